The van der Waals surface area contributed by atoms with Crippen LogP contribution in [0.5, 0.6) is 17.2 Å². The summed E-state index contributed by atoms with van der Waals surface area (Å²) in [6.07, 6.45) is 3.66. The zero-order valence-corrected chi connectivity index (χ0v) is 16.4. The van der Waals surface area contributed by atoms with E-state index in [1.165, 1.54) is 6.07 Å². The quantitative estimate of drug-likeness (QED) is 0.490. The summed E-state index contributed by atoms with van der Waals surface area (Å²) in [4.78, 5) is 4.50. The second kappa shape index (κ2) is 9.94. The average Bonchev–Trinajstić information content (AvgIpc) is 3.34. The Labute approximate surface area is 167 Å². The van der Waals surface area contributed by atoms with Crippen LogP contribution in [0.1, 0.15) is 19.4 Å². The molecule has 1 aromatic heterocycles. The van der Waals surface area contributed by atoms with Crippen molar-refractivity contribution in [3.05, 3.63) is 36.2 Å². The number of alkyl halides is 2. The third-order valence-corrected chi connectivity index (χ3v) is 4.20. The molecule has 0 saturated carbocycles. The molecule has 0 aliphatic carbocycles. The minimum Gasteiger partial charge on any atom is -0.454 e. The van der Waals surface area contributed by atoms with Gasteiger partial charge in [0.15, 0.2) is 17.5 Å². The molecule has 1 unspecified atom stereocenters. The number of hydrogen-bond donors (Lipinski definition) is 2. The van der Waals surface area contributed by atoms with Crippen molar-refractivity contribution < 1.29 is 23.0 Å². The van der Waals surface area contributed by atoms with Crippen LogP contribution < -0.4 is 24.8 Å². The fourth-order valence-corrected chi connectivity index (χ4v) is 2.86. The Morgan fingerprint density at radius 1 is 1.31 bits per heavy atom. The van der Waals surface area contributed by atoms with E-state index in [2.05, 4.69) is 32.4 Å². The van der Waals surface area contributed by atoms with Gasteiger partial charge in [-0.3, -0.25) is 4.68 Å². The van der Waals surface area contributed by atoms with Crippen molar-refractivity contribution in [2.24, 2.45) is 10.9 Å². The summed E-state index contributed by atoms with van der Waals surface area (Å²) in [6, 6.07) is 4.91. The molecule has 1 atom stereocenters. The van der Waals surface area contributed by atoms with Crippen molar-refractivity contribution in [2.75, 3.05) is 19.9 Å². The van der Waals surface area contributed by atoms with E-state index in [1.807, 2.05) is 23.9 Å². The van der Waals surface area contributed by atoms with Crippen LogP contribution in [0.3, 0.4) is 0 Å². The highest BCUT2D eigenvalue weighted by Gasteiger charge is 2.20. The first-order chi connectivity index (χ1) is 14.0. The SMILES string of the molecule is CCNC(=NCc1cc2c(cc1OC(F)F)OCO2)NCC(C)Cn1cccn1. The predicted octanol–water partition coefficient (Wildman–Crippen LogP) is 2.60. The second-order valence-electron chi connectivity index (χ2n) is 6.60. The van der Waals surface area contributed by atoms with Crippen LogP contribution >= 0.6 is 0 Å². The standard InChI is InChI=1S/C19H25F2N5O3/c1-3-22-19(23-9-13(2)11-26-6-4-5-25-26)24-10-14-7-16-17(28-12-27-16)8-15(14)29-18(20)21/h4-8,13,18H,3,9-12H2,1-2H3,(H2,22,23,24). The predicted molar refractivity (Wildman–Crippen MR) is 103 cm³/mol. The van der Waals surface area contributed by atoms with Crippen LogP contribution in [0, 0.1) is 5.92 Å². The summed E-state index contributed by atoms with van der Waals surface area (Å²) in [6.45, 7) is 3.42. The normalized spacial score (nSPS) is 14.2. The Bertz CT molecular complexity index is 814. The lowest BCUT2D eigenvalue weighted by Gasteiger charge is -2.16. The summed E-state index contributed by atoms with van der Waals surface area (Å²) >= 11 is 0. The third-order valence-electron chi connectivity index (χ3n) is 4.20. The number of fused-ring (bicyclic) bond motifs is 1. The van der Waals surface area contributed by atoms with Gasteiger partial charge < -0.3 is 24.8 Å². The number of guanidine groups is 1. The Kier molecular flexibility index (Phi) is 7.09. The first kappa shape index (κ1) is 20.7. The van der Waals surface area contributed by atoms with Crippen LogP contribution in [-0.2, 0) is 13.1 Å². The molecule has 2 heterocycles. The molecule has 3 rings (SSSR count). The van der Waals surface area contributed by atoms with Crippen molar-refractivity contribution in [1.29, 1.82) is 0 Å². The zero-order chi connectivity index (χ0) is 20.6. The molecule has 0 spiro atoms. The first-order valence-electron chi connectivity index (χ1n) is 9.42. The summed E-state index contributed by atoms with van der Waals surface area (Å²) in [5.41, 5.74) is 0.483. The molecule has 1 aromatic carbocycles. The number of aromatic nitrogens is 2. The fraction of sp³-hybridized carbons (Fsp3) is 0.474. The van der Waals surface area contributed by atoms with Crippen LogP contribution in [0.2, 0.25) is 0 Å². The summed E-state index contributed by atoms with van der Waals surface area (Å²) in [5, 5.41) is 10.6. The summed E-state index contributed by atoms with van der Waals surface area (Å²) < 4.78 is 42.6. The second-order valence-corrected chi connectivity index (χ2v) is 6.60. The van der Waals surface area contributed by atoms with Gasteiger partial charge in [-0.1, -0.05) is 6.92 Å². The van der Waals surface area contributed by atoms with Gasteiger partial charge in [-0.15, -0.1) is 0 Å². The van der Waals surface area contributed by atoms with E-state index in [0.29, 0.717) is 42.0 Å². The molecule has 29 heavy (non-hydrogen) atoms. The molecule has 2 aromatic rings. The van der Waals surface area contributed by atoms with Crippen molar-refractivity contribution in [3.8, 4) is 17.2 Å². The topological polar surface area (TPSA) is 81.9 Å². The van der Waals surface area contributed by atoms with Gasteiger partial charge in [0.1, 0.15) is 5.75 Å². The van der Waals surface area contributed by atoms with Gasteiger partial charge in [-0.25, -0.2) is 4.99 Å². The van der Waals surface area contributed by atoms with Gasteiger partial charge in [0, 0.05) is 43.7 Å². The van der Waals surface area contributed by atoms with Crippen LogP contribution in [0.15, 0.2) is 35.6 Å². The van der Waals surface area contributed by atoms with E-state index in [-0.39, 0.29) is 19.1 Å². The average molecular weight is 409 g/mol. The number of benzene rings is 1. The lowest BCUT2D eigenvalue weighted by molar-refractivity contribution is -0.0505. The summed E-state index contributed by atoms with van der Waals surface area (Å²) in [7, 11) is 0. The highest BCUT2D eigenvalue weighted by Crippen LogP contribution is 2.39. The van der Waals surface area contributed by atoms with Crippen molar-refractivity contribution in [3.63, 3.8) is 0 Å². The van der Waals surface area contributed by atoms with E-state index in [4.69, 9.17) is 9.47 Å². The molecular formula is C19H25F2N5O3. The molecule has 0 amide bonds. The van der Waals surface area contributed by atoms with E-state index >= 15 is 0 Å². The van der Waals surface area contributed by atoms with Gasteiger partial charge >= 0.3 is 6.61 Å². The third kappa shape index (κ3) is 5.97. The number of aliphatic imine (C=N–C) groups is 1. The first-order valence-corrected chi connectivity index (χ1v) is 9.42. The van der Waals surface area contributed by atoms with Gasteiger partial charge in [0.05, 0.1) is 6.54 Å². The maximum atomic E-state index is 12.8. The number of rotatable bonds is 9. The maximum Gasteiger partial charge on any atom is 0.387 e. The molecule has 0 saturated heterocycles. The Morgan fingerprint density at radius 3 is 2.79 bits per heavy atom. The Morgan fingerprint density at radius 2 is 2.10 bits per heavy atom. The zero-order valence-electron chi connectivity index (χ0n) is 16.4. The van der Waals surface area contributed by atoms with Gasteiger partial charge in [0.2, 0.25) is 6.79 Å². The van der Waals surface area contributed by atoms with Crippen molar-refractivity contribution >= 4 is 5.96 Å². The molecule has 1 aliphatic rings. The fourth-order valence-electron chi connectivity index (χ4n) is 2.86. The number of nitrogens with one attached hydrogen (secondary N) is 2. The molecule has 1 aliphatic heterocycles. The minimum atomic E-state index is -2.94. The monoisotopic (exact) mass is 409 g/mol. The number of ether oxygens (including phenoxy) is 3. The molecule has 8 nitrogen and oxygen atoms in total. The Balaban J connectivity index is 1.66. The number of hydrogen-bond acceptors (Lipinski definition) is 5. The largest absolute Gasteiger partial charge is 0.454 e. The van der Waals surface area contributed by atoms with Crippen LogP contribution in [-0.4, -0.2) is 42.2 Å². The Hall–Kier alpha value is -3.04. The lowest BCUT2D eigenvalue weighted by Crippen LogP contribution is -2.40. The highest BCUT2D eigenvalue weighted by molar-refractivity contribution is 5.79. The smallest absolute Gasteiger partial charge is 0.387 e. The molecular weight excluding hydrogens is 384 g/mol. The number of nitrogens with zero attached hydrogens (tertiary/aromatic N) is 3. The van der Waals surface area contributed by atoms with Crippen molar-refractivity contribution in [1.82, 2.24) is 20.4 Å². The maximum absolute atomic E-state index is 12.8. The van der Waals surface area contributed by atoms with Crippen LogP contribution in [0.4, 0.5) is 8.78 Å². The van der Waals surface area contributed by atoms with Crippen LogP contribution in [0.25, 0.3) is 0 Å². The van der Waals surface area contributed by atoms with Gasteiger partial charge in [-0.05, 0) is 25.0 Å². The highest BCUT2D eigenvalue weighted by atomic mass is 19.3. The van der Waals surface area contributed by atoms with E-state index < -0.39 is 6.61 Å². The van der Waals surface area contributed by atoms with E-state index in [1.54, 1.807) is 12.3 Å². The molecule has 0 bridgehead atoms. The molecule has 158 valence electrons. The molecule has 2 N–H and O–H groups in total. The van der Waals surface area contributed by atoms with Gasteiger partial charge in [0.25, 0.3) is 0 Å². The molecule has 0 fully saturated rings. The summed E-state index contributed by atoms with van der Waals surface area (Å²) in [5.74, 6) is 1.78. The number of halogens is 2. The minimum absolute atomic E-state index is 0.0240. The lowest BCUT2D eigenvalue weighted by atomic mass is 10.1. The van der Waals surface area contributed by atoms with Crippen molar-refractivity contribution in [2.45, 2.75) is 33.5 Å². The molecule has 10 heteroatoms. The van der Waals surface area contributed by atoms with E-state index in [0.717, 1.165) is 6.54 Å². The van der Waals surface area contributed by atoms with Gasteiger partial charge in [-0.2, -0.15) is 13.9 Å². The molecule has 0 radical (unpaired) electrons. The van der Waals surface area contributed by atoms with E-state index in [9.17, 15) is 8.78 Å².